The first kappa shape index (κ1) is 15.9. The molecular weight excluding hydrogens is 224 g/mol. The van der Waals surface area contributed by atoms with Crippen molar-refractivity contribution in [3.05, 3.63) is 0 Å². The van der Waals surface area contributed by atoms with Crippen LogP contribution in [-0.2, 0) is 0 Å². The molecule has 2 unspecified atom stereocenters. The molecule has 2 atom stereocenters. The minimum absolute atomic E-state index is 0.111. The lowest BCUT2D eigenvalue weighted by atomic mass is 9.93. The number of aliphatic hydroxyl groups is 1. The Morgan fingerprint density at radius 2 is 2.06 bits per heavy atom. The van der Waals surface area contributed by atoms with Crippen LogP contribution in [0, 0.1) is 0 Å². The van der Waals surface area contributed by atoms with E-state index in [0.717, 1.165) is 13.0 Å². The summed E-state index contributed by atoms with van der Waals surface area (Å²) in [5.41, 5.74) is -0.111. The maximum absolute atomic E-state index is 9.66. The van der Waals surface area contributed by atoms with Gasteiger partial charge in [-0.3, -0.25) is 0 Å². The number of aliphatic hydroxyl groups excluding tert-OH is 1. The molecule has 108 valence electrons. The zero-order valence-electron chi connectivity index (χ0n) is 12.7. The molecule has 1 aliphatic carbocycles. The van der Waals surface area contributed by atoms with E-state index in [2.05, 4.69) is 37.9 Å². The molecule has 3 heteroatoms. The van der Waals surface area contributed by atoms with Crippen LogP contribution in [0.1, 0.15) is 59.8 Å². The SMILES string of the molecule is CCCCN(CC)C(C)CC(C)(CO)NC1CC1. The Kier molecular flexibility index (Phi) is 6.61. The Hall–Kier alpha value is -0.120. The highest BCUT2D eigenvalue weighted by molar-refractivity contribution is 4.94. The number of rotatable bonds is 10. The highest BCUT2D eigenvalue weighted by Crippen LogP contribution is 2.25. The summed E-state index contributed by atoms with van der Waals surface area (Å²) in [7, 11) is 0. The minimum Gasteiger partial charge on any atom is -0.394 e. The van der Waals surface area contributed by atoms with Gasteiger partial charge in [0, 0.05) is 17.6 Å². The van der Waals surface area contributed by atoms with Crippen molar-refractivity contribution < 1.29 is 5.11 Å². The van der Waals surface area contributed by atoms with Crippen LogP contribution >= 0.6 is 0 Å². The van der Waals surface area contributed by atoms with Gasteiger partial charge >= 0.3 is 0 Å². The van der Waals surface area contributed by atoms with Crippen LogP contribution in [0.15, 0.2) is 0 Å². The molecule has 1 saturated carbocycles. The molecule has 0 heterocycles. The third-order valence-electron chi connectivity index (χ3n) is 4.05. The molecule has 0 saturated heterocycles. The normalized spacial score (nSPS) is 21.0. The van der Waals surface area contributed by atoms with Crippen molar-refractivity contribution in [3.63, 3.8) is 0 Å². The van der Waals surface area contributed by atoms with Gasteiger partial charge in [0.25, 0.3) is 0 Å². The fourth-order valence-electron chi connectivity index (χ4n) is 2.72. The van der Waals surface area contributed by atoms with Gasteiger partial charge in [0.1, 0.15) is 0 Å². The molecule has 1 rings (SSSR count). The van der Waals surface area contributed by atoms with Crippen molar-refractivity contribution in [2.24, 2.45) is 0 Å². The topological polar surface area (TPSA) is 35.5 Å². The summed E-state index contributed by atoms with van der Waals surface area (Å²) in [6.45, 7) is 11.4. The fraction of sp³-hybridized carbons (Fsp3) is 1.00. The van der Waals surface area contributed by atoms with Crippen LogP contribution in [-0.4, -0.2) is 47.3 Å². The Labute approximate surface area is 113 Å². The molecule has 0 bridgehead atoms. The van der Waals surface area contributed by atoms with Gasteiger partial charge in [0.2, 0.25) is 0 Å². The van der Waals surface area contributed by atoms with Crippen LogP contribution in [0.3, 0.4) is 0 Å². The summed E-state index contributed by atoms with van der Waals surface area (Å²) in [5, 5.41) is 13.3. The highest BCUT2D eigenvalue weighted by Gasteiger charge is 2.33. The van der Waals surface area contributed by atoms with Gasteiger partial charge < -0.3 is 15.3 Å². The first-order valence-electron chi connectivity index (χ1n) is 7.67. The molecule has 1 aliphatic rings. The molecule has 0 aromatic carbocycles. The zero-order valence-corrected chi connectivity index (χ0v) is 12.7. The quantitative estimate of drug-likeness (QED) is 0.630. The molecule has 0 radical (unpaired) electrons. The lowest BCUT2D eigenvalue weighted by Gasteiger charge is -2.36. The molecule has 0 amide bonds. The van der Waals surface area contributed by atoms with Crippen LogP contribution in [0.5, 0.6) is 0 Å². The van der Waals surface area contributed by atoms with Gasteiger partial charge in [-0.2, -0.15) is 0 Å². The number of hydrogen-bond acceptors (Lipinski definition) is 3. The molecule has 3 nitrogen and oxygen atoms in total. The first-order valence-corrected chi connectivity index (χ1v) is 7.67. The molecule has 2 N–H and O–H groups in total. The van der Waals surface area contributed by atoms with E-state index in [0.29, 0.717) is 12.1 Å². The van der Waals surface area contributed by atoms with Crippen molar-refractivity contribution >= 4 is 0 Å². The van der Waals surface area contributed by atoms with E-state index in [1.165, 1.54) is 32.2 Å². The van der Waals surface area contributed by atoms with E-state index >= 15 is 0 Å². The number of unbranched alkanes of at least 4 members (excludes halogenated alkanes) is 1. The van der Waals surface area contributed by atoms with E-state index in [1.807, 2.05) is 0 Å². The fourth-order valence-corrected chi connectivity index (χ4v) is 2.72. The maximum atomic E-state index is 9.66. The average molecular weight is 256 g/mol. The van der Waals surface area contributed by atoms with Crippen molar-refractivity contribution in [3.8, 4) is 0 Å². The van der Waals surface area contributed by atoms with Crippen LogP contribution in [0.2, 0.25) is 0 Å². The number of nitrogens with one attached hydrogen (secondary N) is 1. The summed E-state index contributed by atoms with van der Waals surface area (Å²) < 4.78 is 0. The van der Waals surface area contributed by atoms with E-state index in [-0.39, 0.29) is 12.1 Å². The molecule has 0 spiro atoms. The monoisotopic (exact) mass is 256 g/mol. The van der Waals surface area contributed by atoms with Crippen LogP contribution in [0.4, 0.5) is 0 Å². The van der Waals surface area contributed by atoms with Crippen molar-refractivity contribution in [1.29, 1.82) is 0 Å². The lowest BCUT2D eigenvalue weighted by molar-refractivity contribution is 0.115. The second kappa shape index (κ2) is 7.46. The maximum Gasteiger partial charge on any atom is 0.0611 e. The predicted molar refractivity (Wildman–Crippen MR) is 77.9 cm³/mol. The largest absolute Gasteiger partial charge is 0.394 e. The lowest BCUT2D eigenvalue weighted by Crippen LogP contribution is -2.51. The molecule has 0 aromatic heterocycles. The standard InChI is InChI=1S/C15H32N2O/c1-5-7-10-17(6-2)13(3)11-15(4,12-18)16-14-8-9-14/h13-14,16,18H,5-12H2,1-4H3. The van der Waals surface area contributed by atoms with Gasteiger partial charge in [-0.15, -0.1) is 0 Å². The van der Waals surface area contributed by atoms with Crippen molar-refractivity contribution in [2.45, 2.75) is 77.4 Å². The molecular formula is C15H32N2O. The first-order chi connectivity index (χ1) is 8.54. The minimum atomic E-state index is -0.111. The second-order valence-corrected chi connectivity index (χ2v) is 6.17. The van der Waals surface area contributed by atoms with E-state index in [9.17, 15) is 5.11 Å². The van der Waals surface area contributed by atoms with Crippen LogP contribution < -0.4 is 5.32 Å². The molecule has 18 heavy (non-hydrogen) atoms. The van der Waals surface area contributed by atoms with E-state index in [1.54, 1.807) is 0 Å². The highest BCUT2D eigenvalue weighted by atomic mass is 16.3. The van der Waals surface area contributed by atoms with Gasteiger partial charge in [-0.05, 0) is 52.6 Å². The Bertz CT molecular complexity index is 231. The number of hydrogen-bond donors (Lipinski definition) is 2. The summed E-state index contributed by atoms with van der Waals surface area (Å²) >= 11 is 0. The Morgan fingerprint density at radius 3 is 2.50 bits per heavy atom. The number of nitrogens with zero attached hydrogens (tertiary/aromatic N) is 1. The van der Waals surface area contributed by atoms with Gasteiger partial charge in [0.15, 0.2) is 0 Å². The van der Waals surface area contributed by atoms with Crippen molar-refractivity contribution in [1.82, 2.24) is 10.2 Å². The van der Waals surface area contributed by atoms with Gasteiger partial charge in [-0.1, -0.05) is 20.3 Å². The summed E-state index contributed by atoms with van der Waals surface area (Å²) in [6, 6.07) is 1.19. The Balaban J connectivity index is 2.44. The van der Waals surface area contributed by atoms with E-state index < -0.39 is 0 Å². The van der Waals surface area contributed by atoms with Crippen molar-refractivity contribution in [2.75, 3.05) is 19.7 Å². The predicted octanol–water partition coefficient (Wildman–Crippen LogP) is 2.39. The molecule has 0 aromatic rings. The third-order valence-corrected chi connectivity index (χ3v) is 4.05. The summed E-state index contributed by atoms with van der Waals surface area (Å²) in [5.74, 6) is 0. The smallest absolute Gasteiger partial charge is 0.0611 e. The second-order valence-electron chi connectivity index (χ2n) is 6.17. The van der Waals surface area contributed by atoms with Crippen LogP contribution in [0.25, 0.3) is 0 Å². The summed E-state index contributed by atoms with van der Waals surface area (Å²) in [4.78, 5) is 2.53. The average Bonchev–Trinajstić information content (AvgIpc) is 3.13. The Morgan fingerprint density at radius 1 is 1.39 bits per heavy atom. The molecule has 0 aliphatic heterocycles. The third kappa shape index (κ3) is 5.25. The van der Waals surface area contributed by atoms with Gasteiger partial charge in [-0.25, -0.2) is 0 Å². The van der Waals surface area contributed by atoms with E-state index in [4.69, 9.17) is 0 Å². The van der Waals surface area contributed by atoms with Gasteiger partial charge in [0.05, 0.1) is 6.61 Å². The zero-order chi connectivity index (χ0) is 13.6. The summed E-state index contributed by atoms with van der Waals surface area (Å²) in [6.07, 6.45) is 6.09. The molecule has 1 fully saturated rings.